The summed E-state index contributed by atoms with van der Waals surface area (Å²) in [5.74, 6) is 0. The molecule has 0 aliphatic carbocycles. The molecule has 0 unspecified atom stereocenters. The Bertz CT molecular complexity index is 215. The molecular formula is C7H8ClNO. The maximum absolute atomic E-state index is 8.56. The highest BCUT2D eigenvalue weighted by molar-refractivity contribution is 6.31. The van der Waals surface area contributed by atoms with Gasteiger partial charge in [0.2, 0.25) is 0 Å². The minimum atomic E-state index is 0.116. The molecule has 0 aliphatic rings. The highest BCUT2D eigenvalue weighted by atomic mass is 35.5. The van der Waals surface area contributed by atoms with Crippen molar-refractivity contribution in [2.24, 2.45) is 0 Å². The molecule has 1 rings (SSSR count). The van der Waals surface area contributed by atoms with Crippen molar-refractivity contribution in [3.63, 3.8) is 0 Å². The van der Waals surface area contributed by atoms with E-state index in [1.54, 1.807) is 18.5 Å². The molecule has 0 radical (unpaired) electrons. The Balaban J connectivity index is 2.81. The zero-order valence-electron chi connectivity index (χ0n) is 5.42. The van der Waals surface area contributed by atoms with Crippen LogP contribution in [-0.4, -0.2) is 16.7 Å². The largest absolute Gasteiger partial charge is 0.396 e. The zero-order valence-corrected chi connectivity index (χ0v) is 6.17. The standard InChI is InChI=1S/C7H8ClNO/c8-7-1-3-9-5-6(7)2-4-10/h1,3,5,10H,2,4H2. The van der Waals surface area contributed by atoms with E-state index in [1.165, 1.54) is 0 Å². The second-order valence-corrected chi connectivity index (χ2v) is 2.35. The Morgan fingerprint density at radius 1 is 1.60 bits per heavy atom. The van der Waals surface area contributed by atoms with Crippen LogP contribution in [0.1, 0.15) is 5.56 Å². The van der Waals surface area contributed by atoms with Gasteiger partial charge in [-0.05, 0) is 18.1 Å². The first-order valence-electron chi connectivity index (χ1n) is 3.04. The number of halogens is 1. The van der Waals surface area contributed by atoms with E-state index in [1.807, 2.05) is 0 Å². The topological polar surface area (TPSA) is 33.1 Å². The number of hydrogen-bond donors (Lipinski definition) is 1. The molecule has 3 heteroatoms. The average molecular weight is 158 g/mol. The van der Waals surface area contributed by atoms with E-state index in [0.29, 0.717) is 11.4 Å². The maximum Gasteiger partial charge on any atom is 0.0472 e. The molecular weight excluding hydrogens is 150 g/mol. The van der Waals surface area contributed by atoms with Gasteiger partial charge in [-0.1, -0.05) is 11.6 Å². The summed E-state index contributed by atoms with van der Waals surface area (Å²) in [6.45, 7) is 0.116. The van der Waals surface area contributed by atoms with E-state index in [2.05, 4.69) is 4.98 Å². The lowest BCUT2D eigenvalue weighted by Gasteiger charge is -1.97. The van der Waals surface area contributed by atoms with Crippen molar-refractivity contribution in [2.45, 2.75) is 6.42 Å². The van der Waals surface area contributed by atoms with Crippen LogP contribution in [0.4, 0.5) is 0 Å². The molecule has 0 spiro atoms. The van der Waals surface area contributed by atoms with Gasteiger partial charge >= 0.3 is 0 Å². The summed E-state index contributed by atoms with van der Waals surface area (Å²) >= 11 is 5.75. The van der Waals surface area contributed by atoms with E-state index in [4.69, 9.17) is 16.7 Å². The third kappa shape index (κ3) is 1.69. The van der Waals surface area contributed by atoms with Crippen LogP contribution in [0.15, 0.2) is 18.5 Å². The van der Waals surface area contributed by atoms with Gasteiger partial charge in [0, 0.05) is 24.0 Å². The summed E-state index contributed by atoms with van der Waals surface area (Å²) < 4.78 is 0. The minimum absolute atomic E-state index is 0.116. The fraction of sp³-hybridized carbons (Fsp3) is 0.286. The monoisotopic (exact) mass is 157 g/mol. The lowest BCUT2D eigenvalue weighted by Crippen LogP contribution is -1.91. The predicted octanol–water partition coefficient (Wildman–Crippen LogP) is 1.27. The van der Waals surface area contributed by atoms with Crippen molar-refractivity contribution in [3.05, 3.63) is 29.0 Å². The molecule has 1 heterocycles. The van der Waals surface area contributed by atoms with Crippen LogP contribution < -0.4 is 0 Å². The van der Waals surface area contributed by atoms with Crippen LogP contribution in [0.2, 0.25) is 5.02 Å². The molecule has 1 aromatic rings. The molecule has 0 amide bonds. The molecule has 2 nitrogen and oxygen atoms in total. The Kier molecular flexibility index (Phi) is 2.66. The van der Waals surface area contributed by atoms with Crippen molar-refractivity contribution < 1.29 is 5.11 Å². The molecule has 0 atom stereocenters. The Morgan fingerprint density at radius 3 is 3.00 bits per heavy atom. The molecule has 54 valence electrons. The summed E-state index contributed by atoms with van der Waals surface area (Å²) in [6.07, 6.45) is 3.87. The van der Waals surface area contributed by atoms with E-state index >= 15 is 0 Å². The number of nitrogens with zero attached hydrogens (tertiary/aromatic N) is 1. The Morgan fingerprint density at radius 2 is 2.40 bits per heavy atom. The van der Waals surface area contributed by atoms with E-state index in [0.717, 1.165) is 5.56 Å². The second-order valence-electron chi connectivity index (χ2n) is 1.94. The van der Waals surface area contributed by atoms with Gasteiger partial charge in [0.25, 0.3) is 0 Å². The fourth-order valence-corrected chi connectivity index (χ4v) is 0.914. The third-order valence-electron chi connectivity index (χ3n) is 1.23. The zero-order chi connectivity index (χ0) is 7.40. The maximum atomic E-state index is 8.56. The molecule has 10 heavy (non-hydrogen) atoms. The number of hydrogen-bond acceptors (Lipinski definition) is 2. The van der Waals surface area contributed by atoms with E-state index in [-0.39, 0.29) is 6.61 Å². The van der Waals surface area contributed by atoms with Crippen molar-refractivity contribution in [3.8, 4) is 0 Å². The van der Waals surface area contributed by atoms with Crippen LogP contribution >= 0.6 is 11.6 Å². The summed E-state index contributed by atoms with van der Waals surface area (Å²) in [4.78, 5) is 3.87. The Labute approximate surface area is 64.5 Å². The first-order valence-corrected chi connectivity index (χ1v) is 3.41. The van der Waals surface area contributed by atoms with Gasteiger partial charge in [0.05, 0.1) is 0 Å². The second kappa shape index (κ2) is 3.54. The number of rotatable bonds is 2. The van der Waals surface area contributed by atoms with Gasteiger partial charge < -0.3 is 5.11 Å². The first kappa shape index (κ1) is 7.51. The summed E-state index contributed by atoms with van der Waals surface area (Å²) in [6, 6.07) is 1.71. The minimum Gasteiger partial charge on any atom is -0.396 e. The number of aliphatic hydroxyl groups is 1. The quantitative estimate of drug-likeness (QED) is 0.702. The van der Waals surface area contributed by atoms with E-state index < -0.39 is 0 Å². The third-order valence-corrected chi connectivity index (χ3v) is 1.59. The van der Waals surface area contributed by atoms with Gasteiger partial charge in [-0.3, -0.25) is 4.98 Å². The van der Waals surface area contributed by atoms with Crippen LogP contribution in [0, 0.1) is 0 Å². The highest BCUT2D eigenvalue weighted by Crippen LogP contribution is 2.12. The first-order chi connectivity index (χ1) is 4.84. The lowest BCUT2D eigenvalue weighted by atomic mass is 10.2. The SMILES string of the molecule is OCCc1cnccc1Cl. The van der Waals surface area contributed by atoms with Gasteiger partial charge in [-0.25, -0.2) is 0 Å². The van der Waals surface area contributed by atoms with Gasteiger partial charge in [-0.2, -0.15) is 0 Å². The summed E-state index contributed by atoms with van der Waals surface area (Å²) in [5.41, 5.74) is 0.895. The normalized spacial score (nSPS) is 9.80. The van der Waals surface area contributed by atoms with Gasteiger partial charge in [-0.15, -0.1) is 0 Å². The van der Waals surface area contributed by atoms with Crippen LogP contribution in [0.3, 0.4) is 0 Å². The molecule has 1 aromatic heterocycles. The molecule has 0 fully saturated rings. The van der Waals surface area contributed by atoms with Crippen LogP contribution in [0.25, 0.3) is 0 Å². The average Bonchev–Trinajstić information content (AvgIpc) is 1.94. The molecule has 0 aliphatic heterocycles. The van der Waals surface area contributed by atoms with Crippen LogP contribution in [0.5, 0.6) is 0 Å². The van der Waals surface area contributed by atoms with Crippen molar-refractivity contribution in [1.82, 2.24) is 4.98 Å². The molecule has 0 saturated carbocycles. The predicted molar refractivity (Wildman–Crippen MR) is 40.0 cm³/mol. The molecule has 1 N–H and O–H groups in total. The lowest BCUT2D eigenvalue weighted by molar-refractivity contribution is 0.299. The molecule has 0 bridgehead atoms. The fourth-order valence-electron chi connectivity index (χ4n) is 0.715. The molecule has 0 aromatic carbocycles. The van der Waals surface area contributed by atoms with Crippen molar-refractivity contribution in [1.29, 1.82) is 0 Å². The molecule has 0 saturated heterocycles. The highest BCUT2D eigenvalue weighted by Gasteiger charge is 1.96. The number of aliphatic hydroxyl groups excluding tert-OH is 1. The number of aromatic nitrogens is 1. The Hall–Kier alpha value is -0.600. The smallest absolute Gasteiger partial charge is 0.0472 e. The summed E-state index contributed by atoms with van der Waals surface area (Å²) in [5, 5.41) is 9.23. The van der Waals surface area contributed by atoms with Crippen molar-refractivity contribution >= 4 is 11.6 Å². The van der Waals surface area contributed by atoms with E-state index in [9.17, 15) is 0 Å². The van der Waals surface area contributed by atoms with Crippen LogP contribution in [-0.2, 0) is 6.42 Å². The van der Waals surface area contributed by atoms with Gasteiger partial charge in [0.15, 0.2) is 0 Å². The summed E-state index contributed by atoms with van der Waals surface area (Å²) in [7, 11) is 0. The van der Waals surface area contributed by atoms with Crippen molar-refractivity contribution in [2.75, 3.05) is 6.61 Å². The number of pyridine rings is 1. The van der Waals surface area contributed by atoms with Gasteiger partial charge in [0.1, 0.15) is 0 Å².